The van der Waals surface area contributed by atoms with Crippen LogP contribution in [0.25, 0.3) is 0 Å². The fraction of sp³-hybridized carbons (Fsp3) is 0.188. The predicted octanol–water partition coefficient (Wildman–Crippen LogP) is 3.00. The van der Waals surface area contributed by atoms with Gasteiger partial charge in [0.25, 0.3) is 10.0 Å². The van der Waals surface area contributed by atoms with Gasteiger partial charge in [-0.1, -0.05) is 18.2 Å². The van der Waals surface area contributed by atoms with Crippen LogP contribution in [0.4, 0.5) is 10.1 Å². The van der Waals surface area contributed by atoms with E-state index in [4.69, 9.17) is 0 Å². The number of fused-ring (bicyclic) bond motifs is 1. The molecule has 1 atom stereocenters. The number of rotatable bonds is 2. The van der Waals surface area contributed by atoms with Gasteiger partial charge in [-0.2, -0.15) is 0 Å². The summed E-state index contributed by atoms with van der Waals surface area (Å²) < 4.78 is 40.3. The maximum Gasteiger partial charge on any atom is 0.264 e. The average molecular weight is 319 g/mol. The lowest BCUT2D eigenvalue weighted by atomic mass is 9.97. The minimum Gasteiger partial charge on any atom is -0.294 e. The summed E-state index contributed by atoms with van der Waals surface area (Å²) in [7, 11) is -3.80. The highest BCUT2D eigenvalue weighted by Gasteiger charge is 2.37. The van der Waals surface area contributed by atoms with Crippen LogP contribution in [0, 0.1) is 5.82 Å². The number of Topliss-reactive ketones (excluding diaryl/α,β-unsaturated/α-hetero) is 1. The monoisotopic (exact) mass is 319 g/mol. The highest BCUT2D eigenvalue weighted by Crippen LogP contribution is 2.35. The van der Waals surface area contributed by atoms with Crippen LogP contribution in [0.1, 0.15) is 23.7 Å². The smallest absolute Gasteiger partial charge is 0.264 e. The van der Waals surface area contributed by atoms with Gasteiger partial charge in [-0.25, -0.2) is 12.8 Å². The number of hydrogen-bond acceptors (Lipinski definition) is 3. The van der Waals surface area contributed by atoms with Crippen LogP contribution in [0.2, 0.25) is 0 Å². The Morgan fingerprint density at radius 2 is 1.82 bits per heavy atom. The summed E-state index contributed by atoms with van der Waals surface area (Å²) in [5.41, 5.74) is 0.339. The number of carbonyl (C=O) groups excluding carboxylic acids is 1. The zero-order valence-electron chi connectivity index (χ0n) is 11.9. The molecule has 6 heteroatoms. The lowest BCUT2D eigenvalue weighted by Crippen LogP contribution is -2.43. The Morgan fingerprint density at radius 1 is 1.14 bits per heavy atom. The number of benzene rings is 2. The topological polar surface area (TPSA) is 54.5 Å². The lowest BCUT2D eigenvalue weighted by molar-refractivity contribution is 0.0971. The minimum absolute atomic E-state index is 0.0303. The third-order valence-electron chi connectivity index (χ3n) is 3.68. The molecular weight excluding hydrogens is 305 g/mol. The average Bonchev–Trinajstić information content (AvgIpc) is 2.49. The van der Waals surface area contributed by atoms with Crippen molar-refractivity contribution in [3.8, 4) is 0 Å². The molecule has 0 aliphatic carbocycles. The standard InChI is InChI=1S/C16H14FNO3S/c1-11-9-16(19)14-10-12(17)7-8-15(14)18(11)22(20,21)13-5-3-2-4-6-13/h2-8,10-11H,9H2,1H3. The second-order valence-corrected chi connectivity index (χ2v) is 7.07. The van der Waals surface area contributed by atoms with Crippen molar-refractivity contribution in [2.75, 3.05) is 4.31 Å². The molecule has 3 rings (SSSR count). The molecule has 0 saturated heterocycles. The second kappa shape index (κ2) is 5.21. The van der Waals surface area contributed by atoms with E-state index in [1.807, 2.05) is 0 Å². The maximum atomic E-state index is 13.4. The van der Waals surface area contributed by atoms with E-state index < -0.39 is 21.9 Å². The van der Waals surface area contributed by atoms with Crippen LogP contribution in [0.5, 0.6) is 0 Å². The zero-order chi connectivity index (χ0) is 15.9. The number of sulfonamides is 1. The molecule has 0 amide bonds. The molecule has 0 N–H and O–H groups in total. The summed E-state index contributed by atoms with van der Waals surface area (Å²) in [6, 6.07) is 11.1. The summed E-state index contributed by atoms with van der Waals surface area (Å²) in [6.07, 6.45) is 0.0303. The van der Waals surface area contributed by atoms with Gasteiger partial charge in [0.2, 0.25) is 0 Å². The Hall–Kier alpha value is -2.21. The maximum absolute atomic E-state index is 13.4. The van der Waals surface area contributed by atoms with Gasteiger partial charge in [-0.3, -0.25) is 9.10 Å². The van der Waals surface area contributed by atoms with Crippen molar-refractivity contribution in [3.05, 3.63) is 59.9 Å². The van der Waals surface area contributed by atoms with Crippen LogP contribution in [-0.2, 0) is 10.0 Å². The lowest BCUT2D eigenvalue weighted by Gasteiger charge is -2.35. The molecule has 0 aromatic heterocycles. The van der Waals surface area contributed by atoms with Crippen molar-refractivity contribution in [2.45, 2.75) is 24.3 Å². The van der Waals surface area contributed by atoms with Gasteiger partial charge in [0.15, 0.2) is 5.78 Å². The molecule has 114 valence electrons. The Kier molecular flexibility index (Phi) is 3.48. The Bertz CT molecular complexity index is 834. The molecule has 2 aromatic rings. The van der Waals surface area contributed by atoms with E-state index in [9.17, 15) is 17.6 Å². The number of anilines is 1. The first kappa shape index (κ1) is 14.7. The zero-order valence-corrected chi connectivity index (χ0v) is 12.7. The largest absolute Gasteiger partial charge is 0.294 e. The third kappa shape index (κ3) is 2.29. The van der Waals surface area contributed by atoms with Gasteiger partial charge in [0, 0.05) is 18.0 Å². The molecular formula is C16H14FNO3S. The van der Waals surface area contributed by atoms with Crippen molar-refractivity contribution in [3.63, 3.8) is 0 Å². The van der Waals surface area contributed by atoms with Crippen LogP contribution in [0.15, 0.2) is 53.4 Å². The van der Waals surface area contributed by atoms with E-state index in [-0.39, 0.29) is 28.4 Å². The first-order valence-corrected chi connectivity index (χ1v) is 8.27. The van der Waals surface area contributed by atoms with Crippen molar-refractivity contribution < 1.29 is 17.6 Å². The molecule has 1 aliphatic rings. The molecule has 0 bridgehead atoms. The molecule has 2 aromatic carbocycles. The number of hydrogen-bond donors (Lipinski definition) is 0. The highest BCUT2D eigenvalue weighted by molar-refractivity contribution is 7.92. The highest BCUT2D eigenvalue weighted by atomic mass is 32.2. The number of halogens is 1. The van der Waals surface area contributed by atoms with Crippen molar-refractivity contribution in [2.24, 2.45) is 0 Å². The summed E-state index contributed by atoms with van der Waals surface area (Å²) in [5, 5.41) is 0. The second-order valence-electron chi connectivity index (χ2n) is 5.25. The fourth-order valence-corrected chi connectivity index (χ4v) is 4.39. The van der Waals surface area contributed by atoms with Gasteiger partial charge in [0.05, 0.1) is 10.6 Å². The first-order chi connectivity index (χ1) is 10.4. The van der Waals surface area contributed by atoms with Gasteiger partial charge in [-0.15, -0.1) is 0 Å². The fourth-order valence-electron chi connectivity index (χ4n) is 2.69. The van der Waals surface area contributed by atoms with Crippen molar-refractivity contribution >= 4 is 21.5 Å². The van der Waals surface area contributed by atoms with Crippen LogP contribution in [0.3, 0.4) is 0 Å². The van der Waals surface area contributed by atoms with E-state index in [2.05, 4.69) is 0 Å². The predicted molar refractivity (Wildman–Crippen MR) is 80.9 cm³/mol. The van der Waals surface area contributed by atoms with E-state index >= 15 is 0 Å². The molecule has 0 saturated carbocycles. The van der Waals surface area contributed by atoms with Gasteiger partial charge in [0.1, 0.15) is 5.82 Å². The summed E-state index contributed by atoms with van der Waals surface area (Å²) in [4.78, 5) is 12.2. The van der Waals surface area contributed by atoms with E-state index in [0.717, 1.165) is 12.1 Å². The van der Waals surface area contributed by atoms with Crippen LogP contribution >= 0.6 is 0 Å². The van der Waals surface area contributed by atoms with Crippen molar-refractivity contribution in [1.29, 1.82) is 0 Å². The summed E-state index contributed by atoms with van der Waals surface area (Å²) >= 11 is 0. The molecule has 1 aliphatic heterocycles. The van der Waals surface area contributed by atoms with Crippen LogP contribution in [-0.4, -0.2) is 20.2 Å². The van der Waals surface area contributed by atoms with Gasteiger partial charge in [-0.05, 0) is 37.3 Å². The minimum atomic E-state index is -3.80. The molecule has 22 heavy (non-hydrogen) atoms. The molecule has 1 unspecified atom stereocenters. The van der Waals surface area contributed by atoms with Crippen molar-refractivity contribution in [1.82, 2.24) is 0 Å². The summed E-state index contributed by atoms with van der Waals surface area (Å²) in [5.74, 6) is -0.805. The Labute approximate surface area is 128 Å². The van der Waals surface area contributed by atoms with E-state index in [0.29, 0.717) is 0 Å². The number of ketones is 1. The first-order valence-electron chi connectivity index (χ1n) is 6.83. The van der Waals surface area contributed by atoms with Crippen LogP contribution < -0.4 is 4.31 Å². The number of carbonyl (C=O) groups is 1. The third-order valence-corrected chi connectivity index (χ3v) is 5.62. The Morgan fingerprint density at radius 3 is 2.50 bits per heavy atom. The molecule has 0 radical (unpaired) electrons. The normalized spacial score (nSPS) is 18.2. The van der Waals surface area contributed by atoms with E-state index in [1.165, 1.54) is 22.5 Å². The van der Waals surface area contributed by atoms with Gasteiger partial charge >= 0.3 is 0 Å². The number of nitrogens with zero attached hydrogens (tertiary/aromatic N) is 1. The molecule has 0 fully saturated rings. The Balaban J connectivity index is 2.19. The molecule has 0 spiro atoms. The molecule has 1 heterocycles. The van der Waals surface area contributed by atoms with E-state index in [1.54, 1.807) is 25.1 Å². The molecule has 4 nitrogen and oxygen atoms in total. The SMILES string of the molecule is CC1CC(=O)c2cc(F)ccc2N1S(=O)(=O)c1ccccc1. The summed E-state index contributed by atoms with van der Waals surface area (Å²) in [6.45, 7) is 1.67. The van der Waals surface area contributed by atoms with Gasteiger partial charge < -0.3 is 0 Å². The quantitative estimate of drug-likeness (QED) is 0.855.